The number of nitrogens with zero attached hydrogens (tertiary/aromatic N) is 1. The van der Waals surface area contributed by atoms with Gasteiger partial charge in [0.2, 0.25) is 0 Å². The van der Waals surface area contributed by atoms with Crippen LogP contribution in [-0.2, 0) is 0 Å². The van der Waals surface area contributed by atoms with Crippen LogP contribution in [0.5, 0.6) is 0 Å². The van der Waals surface area contributed by atoms with Crippen LogP contribution in [-0.4, -0.2) is 47.0 Å². The first-order valence-corrected chi connectivity index (χ1v) is 5.84. The van der Waals surface area contributed by atoms with E-state index >= 15 is 0 Å². The molecule has 0 amide bonds. The van der Waals surface area contributed by atoms with Gasteiger partial charge in [0.15, 0.2) is 0 Å². The van der Waals surface area contributed by atoms with Crippen LogP contribution in [0.1, 0.15) is 32.1 Å². The van der Waals surface area contributed by atoms with E-state index in [0.29, 0.717) is 13.1 Å². The lowest BCUT2D eigenvalue weighted by Gasteiger charge is -2.26. The predicted octanol–water partition coefficient (Wildman–Crippen LogP) is 0.604. The van der Waals surface area contributed by atoms with E-state index < -0.39 is 12.2 Å². The maximum Gasteiger partial charge on any atom is 0.0938 e. The third-order valence-electron chi connectivity index (χ3n) is 3.58. The Morgan fingerprint density at radius 3 is 2.07 bits per heavy atom. The van der Waals surface area contributed by atoms with Crippen LogP contribution in [0.3, 0.4) is 0 Å². The van der Waals surface area contributed by atoms with Gasteiger partial charge >= 0.3 is 0 Å². The highest BCUT2D eigenvalue weighted by Gasteiger charge is 2.30. The number of aliphatic hydroxyl groups is 2. The van der Waals surface area contributed by atoms with Gasteiger partial charge in [-0.3, -0.25) is 4.90 Å². The van der Waals surface area contributed by atoms with Gasteiger partial charge in [0.05, 0.1) is 12.2 Å². The maximum absolute atomic E-state index is 9.41. The average molecular weight is 199 g/mol. The summed E-state index contributed by atoms with van der Waals surface area (Å²) in [6.07, 6.45) is 5.76. The standard InChI is InChI=1S/C11H21NO2/c13-10-7-12(8-11(10)14)6-9-4-2-1-3-5-9/h9-11,13-14H,1-8H2. The van der Waals surface area contributed by atoms with E-state index in [2.05, 4.69) is 4.90 Å². The Morgan fingerprint density at radius 1 is 0.929 bits per heavy atom. The summed E-state index contributed by atoms with van der Waals surface area (Å²) in [5, 5.41) is 18.8. The lowest BCUT2D eigenvalue weighted by Crippen LogP contribution is -2.29. The Morgan fingerprint density at radius 2 is 1.50 bits per heavy atom. The molecule has 14 heavy (non-hydrogen) atoms. The SMILES string of the molecule is OC1CN(CC2CCCCC2)CC1O. The molecule has 1 aliphatic carbocycles. The molecule has 2 fully saturated rings. The van der Waals surface area contributed by atoms with Crippen LogP contribution in [0, 0.1) is 5.92 Å². The molecule has 2 atom stereocenters. The van der Waals surface area contributed by atoms with Gasteiger partial charge in [-0.1, -0.05) is 19.3 Å². The molecule has 2 unspecified atom stereocenters. The quantitative estimate of drug-likeness (QED) is 0.684. The van der Waals surface area contributed by atoms with E-state index in [1.165, 1.54) is 32.1 Å². The summed E-state index contributed by atoms with van der Waals surface area (Å²) in [5.41, 5.74) is 0. The molecule has 1 saturated carbocycles. The molecule has 3 nitrogen and oxygen atoms in total. The van der Waals surface area contributed by atoms with Crippen LogP contribution in [0.4, 0.5) is 0 Å². The van der Waals surface area contributed by atoms with Gasteiger partial charge in [0.1, 0.15) is 0 Å². The van der Waals surface area contributed by atoms with Crippen molar-refractivity contribution in [2.75, 3.05) is 19.6 Å². The minimum absolute atomic E-state index is 0.515. The van der Waals surface area contributed by atoms with E-state index in [0.717, 1.165) is 12.5 Å². The second kappa shape index (κ2) is 4.60. The highest BCUT2D eigenvalue weighted by molar-refractivity contribution is 4.84. The average Bonchev–Trinajstić information content (AvgIpc) is 2.47. The second-order valence-electron chi connectivity index (χ2n) is 4.86. The van der Waals surface area contributed by atoms with Gasteiger partial charge in [-0.05, 0) is 18.8 Å². The number of β-amino-alcohol motifs (C(OH)–C–C–N with tert-alkyl or cyclic N) is 2. The summed E-state index contributed by atoms with van der Waals surface area (Å²) in [6.45, 7) is 2.41. The van der Waals surface area contributed by atoms with Crippen molar-refractivity contribution >= 4 is 0 Å². The van der Waals surface area contributed by atoms with Crippen molar-refractivity contribution in [2.24, 2.45) is 5.92 Å². The van der Waals surface area contributed by atoms with Gasteiger partial charge in [0, 0.05) is 19.6 Å². The molecule has 0 spiro atoms. The zero-order valence-electron chi connectivity index (χ0n) is 8.73. The predicted molar refractivity (Wildman–Crippen MR) is 55.0 cm³/mol. The summed E-state index contributed by atoms with van der Waals surface area (Å²) in [6, 6.07) is 0. The minimum Gasteiger partial charge on any atom is -0.389 e. The normalized spacial score (nSPS) is 36.4. The molecule has 3 heteroatoms. The van der Waals surface area contributed by atoms with Gasteiger partial charge in [0.25, 0.3) is 0 Å². The molecule has 0 aromatic rings. The molecular formula is C11H21NO2. The second-order valence-corrected chi connectivity index (χ2v) is 4.86. The molecule has 0 aromatic heterocycles. The van der Waals surface area contributed by atoms with Crippen molar-refractivity contribution < 1.29 is 10.2 Å². The first-order chi connectivity index (χ1) is 6.75. The van der Waals surface area contributed by atoms with E-state index in [1.54, 1.807) is 0 Å². The molecule has 1 aliphatic heterocycles. The molecule has 2 N–H and O–H groups in total. The van der Waals surface area contributed by atoms with E-state index in [-0.39, 0.29) is 0 Å². The summed E-state index contributed by atoms with van der Waals surface area (Å²) >= 11 is 0. The third-order valence-corrected chi connectivity index (χ3v) is 3.58. The smallest absolute Gasteiger partial charge is 0.0938 e. The highest BCUT2D eigenvalue weighted by atomic mass is 16.3. The number of hydrogen-bond acceptors (Lipinski definition) is 3. The van der Waals surface area contributed by atoms with Gasteiger partial charge in [-0.15, -0.1) is 0 Å². The van der Waals surface area contributed by atoms with Crippen molar-refractivity contribution in [3.63, 3.8) is 0 Å². The Balaban J connectivity index is 1.74. The minimum atomic E-state index is -0.515. The van der Waals surface area contributed by atoms with Crippen molar-refractivity contribution in [1.29, 1.82) is 0 Å². The summed E-state index contributed by atoms with van der Waals surface area (Å²) in [5.74, 6) is 0.807. The fourth-order valence-corrected chi connectivity index (χ4v) is 2.73. The number of aliphatic hydroxyl groups excluding tert-OH is 2. The fraction of sp³-hybridized carbons (Fsp3) is 1.00. The van der Waals surface area contributed by atoms with Crippen LogP contribution >= 0.6 is 0 Å². The third kappa shape index (κ3) is 2.47. The molecule has 0 bridgehead atoms. The summed E-state index contributed by atoms with van der Waals surface area (Å²) in [7, 11) is 0. The van der Waals surface area contributed by atoms with Crippen molar-refractivity contribution in [3.05, 3.63) is 0 Å². The first kappa shape index (κ1) is 10.4. The lowest BCUT2D eigenvalue weighted by molar-refractivity contribution is 0.0572. The molecule has 2 aliphatic rings. The van der Waals surface area contributed by atoms with Crippen LogP contribution in [0.25, 0.3) is 0 Å². The Kier molecular flexibility index (Phi) is 3.42. The van der Waals surface area contributed by atoms with E-state index in [1.807, 2.05) is 0 Å². The number of likely N-dealkylation sites (tertiary alicyclic amines) is 1. The van der Waals surface area contributed by atoms with Crippen LogP contribution < -0.4 is 0 Å². The van der Waals surface area contributed by atoms with Gasteiger partial charge in [-0.25, -0.2) is 0 Å². The summed E-state index contributed by atoms with van der Waals surface area (Å²) in [4.78, 5) is 2.21. The largest absolute Gasteiger partial charge is 0.389 e. The lowest BCUT2D eigenvalue weighted by atomic mass is 9.89. The monoisotopic (exact) mass is 199 g/mol. The van der Waals surface area contributed by atoms with Gasteiger partial charge < -0.3 is 10.2 Å². The van der Waals surface area contributed by atoms with Crippen LogP contribution in [0.15, 0.2) is 0 Å². The Hall–Kier alpha value is -0.120. The molecule has 0 aromatic carbocycles. The van der Waals surface area contributed by atoms with Crippen LogP contribution in [0.2, 0.25) is 0 Å². The van der Waals surface area contributed by atoms with Gasteiger partial charge in [-0.2, -0.15) is 0 Å². The molecular weight excluding hydrogens is 178 g/mol. The van der Waals surface area contributed by atoms with E-state index in [9.17, 15) is 10.2 Å². The van der Waals surface area contributed by atoms with Crippen molar-refractivity contribution in [1.82, 2.24) is 4.90 Å². The van der Waals surface area contributed by atoms with Crippen molar-refractivity contribution in [2.45, 2.75) is 44.3 Å². The molecule has 2 rings (SSSR count). The molecule has 1 heterocycles. The maximum atomic E-state index is 9.41. The highest BCUT2D eigenvalue weighted by Crippen LogP contribution is 2.25. The number of rotatable bonds is 2. The Bertz CT molecular complexity index is 170. The number of hydrogen-bond donors (Lipinski definition) is 2. The Labute approximate surface area is 85.7 Å². The molecule has 1 saturated heterocycles. The zero-order chi connectivity index (χ0) is 9.97. The molecule has 82 valence electrons. The van der Waals surface area contributed by atoms with Crippen molar-refractivity contribution in [3.8, 4) is 0 Å². The molecule has 0 radical (unpaired) electrons. The topological polar surface area (TPSA) is 43.7 Å². The summed E-state index contributed by atoms with van der Waals surface area (Å²) < 4.78 is 0. The zero-order valence-corrected chi connectivity index (χ0v) is 8.73. The first-order valence-electron chi connectivity index (χ1n) is 5.84. The van der Waals surface area contributed by atoms with E-state index in [4.69, 9.17) is 0 Å². The fourth-order valence-electron chi connectivity index (χ4n) is 2.73.